The van der Waals surface area contributed by atoms with Crippen LogP contribution in [0.15, 0.2) is 18.2 Å². The normalized spacial score (nSPS) is 13.0. The van der Waals surface area contributed by atoms with Gasteiger partial charge >= 0.3 is 0 Å². The average Bonchev–Trinajstić information content (AvgIpc) is 2.61. The van der Waals surface area contributed by atoms with E-state index in [1.807, 2.05) is 18.2 Å². The third-order valence-corrected chi connectivity index (χ3v) is 2.04. The van der Waals surface area contributed by atoms with Crippen LogP contribution in [-0.4, -0.2) is 19.1 Å². The van der Waals surface area contributed by atoms with Crippen LogP contribution in [0.4, 0.5) is 5.69 Å². The van der Waals surface area contributed by atoms with Gasteiger partial charge in [-0.1, -0.05) is 0 Å². The number of nitrogens with one attached hydrogen (secondary N) is 1. The molecule has 13 heavy (non-hydrogen) atoms. The van der Waals surface area contributed by atoms with E-state index in [0.717, 1.165) is 29.5 Å². The summed E-state index contributed by atoms with van der Waals surface area (Å²) in [5.74, 6) is 2.44. The van der Waals surface area contributed by atoms with E-state index in [4.69, 9.17) is 9.47 Å². The molecule has 0 saturated heterocycles. The van der Waals surface area contributed by atoms with E-state index in [2.05, 4.69) is 17.9 Å². The van der Waals surface area contributed by atoms with Crippen LogP contribution in [0.3, 0.4) is 0 Å². The lowest BCUT2D eigenvalue weighted by Gasteiger charge is -2.04. The summed E-state index contributed by atoms with van der Waals surface area (Å²) >= 11 is 4.11. The van der Waals surface area contributed by atoms with Gasteiger partial charge in [0, 0.05) is 24.1 Å². The van der Waals surface area contributed by atoms with Gasteiger partial charge < -0.3 is 14.8 Å². The first kappa shape index (κ1) is 8.56. The number of thiol groups is 1. The molecule has 0 radical (unpaired) electrons. The van der Waals surface area contributed by atoms with Crippen molar-refractivity contribution in [1.82, 2.24) is 0 Å². The van der Waals surface area contributed by atoms with Crippen LogP contribution in [0.1, 0.15) is 0 Å². The maximum Gasteiger partial charge on any atom is 0.231 e. The lowest BCUT2D eigenvalue weighted by molar-refractivity contribution is 0.174. The largest absolute Gasteiger partial charge is 0.454 e. The fourth-order valence-electron chi connectivity index (χ4n) is 1.21. The molecule has 0 spiro atoms. The smallest absolute Gasteiger partial charge is 0.231 e. The average molecular weight is 197 g/mol. The Labute approximate surface area is 82.5 Å². The monoisotopic (exact) mass is 197 g/mol. The quantitative estimate of drug-likeness (QED) is 0.724. The zero-order valence-corrected chi connectivity index (χ0v) is 8.01. The molecule has 3 nitrogen and oxygen atoms in total. The minimum absolute atomic E-state index is 0.325. The van der Waals surface area contributed by atoms with Crippen LogP contribution in [0.25, 0.3) is 0 Å². The van der Waals surface area contributed by atoms with Crippen molar-refractivity contribution in [3.8, 4) is 11.5 Å². The van der Waals surface area contributed by atoms with Crippen LogP contribution in [0, 0.1) is 0 Å². The molecule has 1 N–H and O–H groups in total. The summed E-state index contributed by atoms with van der Waals surface area (Å²) in [6.07, 6.45) is 0. The lowest BCUT2D eigenvalue weighted by Crippen LogP contribution is -2.01. The van der Waals surface area contributed by atoms with Crippen molar-refractivity contribution in [3.05, 3.63) is 18.2 Å². The Morgan fingerprint density at radius 3 is 3.00 bits per heavy atom. The highest BCUT2D eigenvalue weighted by Crippen LogP contribution is 2.33. The molecule has 0 bridgehead atoms. The molecule has 1 heterocycles. The zero-order chi connectivity index (χ0) is 9.10. The zero-order valence-electron chi connectivity index (χ0n) is 7.12. The standard InChI is InChI=1S/C9H11NO2S/c13-4-3-10-7-1-2-8-9(5-7)12-6-11-8/h1-2,5,10,13H,3-4,6H2. The van der Waals surface area contributed by atoms with Gasteiger partial charge in [-0.25, -0.2) is 0 Å². The molecule has 0 amide bonds. The molecule has 70 valence electrons. The van der Waals surface area contributed by atoms with E-state index >= 15 is 0 Å². The maximum atomic E-state index is 5.24. The Kier molecular flexibility index (Phi) is 2.49. The van der Waals surface area contributed by atoms with Gasteiger partial charge in [0.2, 0.25) is 6.79 Å². The number of rotatable bonds is 3. The van der Waals surface area contributed by atoms with E-state index in [1.165, 1.54) is 0 Å². The lowest BCUT2D eigenvalue weighted by atomic mass is 10.3. The molecule has 0 atom stereocenters. The topological polar surface area (TPSA) is 30.5 Å². The Morgan fingerprint density at radius 2 is 2.15 bits per heavy atom. The van der Waals surface area contributed by atoms with Crippen LogP contribution in [0.2, 0.25) is 0 Å². The minimum Gasteiger partial charge on any atom is -0.454 e. The predicted molar refractivity (Wildman–Crippen MR) is 54.9 cm³/mol. The van der Waals surface area contributed by atoms with Crippen molar-refractivity contribution in [2.24, 2.45) is 0 Å². The summed E-state index contributed by atoms with van der Waals surface area (Å²) in [6.45, 7) is 1.17. The van der Waals surface area contributed by atoms with Crippen molar-refractivity contribution in [2.75, 3.05) is 24.4 Å². The highest BCUT2D eigenvalue weighted by atomic mass is 32.1. The van der Waals surface area contributed by atoms with Gasteiger partial charge in [-0.15, -0.1) is 0 Å². The third-order valence-electron chi connectivity index (χ3n) is 1.81. The fraction of sp³-hybridized carbons (Fsp3) is 0.333. The van der Waals surface area contributed by atoms with Crippen molar-refractivity contribution in [3.63, 3.8) is 0 Å². The highest BCUT2D eigenvalue weighted by molar-refractivity contribution is 7.80. The third kappa shape index (κ3) is 1.83. The summed E-state index contributed by atoms with van der Waals surface area (Å²) in [7, 11) is 0. The molecule has 4 heteroatoms. The maximum absolute atomic E-state index is 5.24. The van der Waals surface area contributed by atoms with Gasteiger partial charge in [0.25, 0.3) is 0 Å². The van der Waals surface area contributed by atoms with Crippen LogP contribution in [0.5, 0.6) is 11.5 Å². The first-order valence-corrected chi connectivity index (χ1v) is 4.78. The molecule has 0 fully saturated rings. The van der Waals surface area contributed by atoms with Gasteiger partial charge in [0.05, 0.1) is 0 Å². The first-order chi connectivity index (χ1) is 6.40. The van der Waals surface area contributed by atoms with E-state index in [9.17, 15) is 0 Å². The molecule has 0 saturated carbocycles. The Hall–Kier alpha value is -1.03. The Morgan fingerprint density at radius 1 is 1.31 bits per heavy atom. The summed E-state index contributed by atoms with van der Waals surface area (Å²) < 4.78 is 10.4. The summed E-state index contributed by atoms with van der Waals surface area (Å²) in [4.78, 5) is 0. The van der Waals surface area contributed by atoms with Gasteiger partial charge in [-0.2, -0.15) is 12.6 Å². The van der Waals surface area contributed by atoms with Crippen LogP contribution >= 0.6 is 12.6 Å². The van der Waals surface area contributed by atoms with Crippen molar-refractivity contribution in [1.29, 1.82) is 0 Å². The number of ether oxygens (including phenoxy) is 2. The first-order valence-electron chi connectivity index (χ1n) is 4.14. The second kappa shape index (κ2) is 3.79. The molecule has 0 aliphatic carbocycles. The van der Waals surface area contributed by atoms with Gasteiger partial charge in [-0.05, 0) is 12.1 Å². The van der Waals surface area contributed by atoms with E-state index in [-0.39, 0.29) is 0 Å². The number of benzene rings is 1. The molecule has 1 aliphatic rings. The van der Waals surface area contributed by atoms with Gasteiger partial charge in [0.1, 0.15) is 0 Å². The van der Waals surface area contributed by atoms with Crippen LogP contribution in [-0.2, 0) is 0 Å². The second-order valence-corrected chi connectivity index (χ2v) is 3.17. The van der Waals surface area contributed by atoms with E-state index in [0.29, 0.717) is 6.79 Å². The molecule has 1 aliphatic heterocycles. The molecular weight excluding hydrogens is 186 g/mol. The van der Waals surface area contributed by atoms with Crippen molar-refractivity contribution in [2.45, 2.75) is 0 Å². The Balaban J connectivity index is 2.12. The SMILES string of the molecule is SCCNc1ccc2c(c1)OCO2. The highest BCUT2D eigenvalue weighted by Gasteiger charge is 2.12. The molecule has 1 aromatic rings. The molecule has 1 aromatic carbocycles. The fourth-order valence-corrected chi connectivity index (χ4v) is 1.32. The summed E-state index contributed by atoms with van der Waals surface area (Å²) in [6, 6.07) is 5.81. The number of hydrogen-bond donors (Lipinski definition) is 2. The molecule has 0 unspecified atom stereocenters. The van der Waals surface area contributed by atoms with E-state index in [1.54, 1.807) is 0 Å². The van der Waals surface area contributed by atoms with Gasteiger partial charge in [0.15, 0.2) is 11.5 Å². The molecule has 0 aromatic heterocycles. The number of fused-ring (bicyclic) bond motifs is 1. The predicted octanol–water partition coefficient (Wildman–Crippen LogP) is 1.76. The second-order valence-electron chi connectivity index (χ2n) is 2.72. The molecular formula is C9H11NO2S. The van der Waals surface area contributed by atoms with Gasteiger partial charge in [-0.3, -0.25) is 0 Å². The Bertz CT molecular complexity index is 304. The summed E-state index contributed by atoms with van der Waals surface area (Å²) in [5, 5.41) is 3.21. The van der Waals surface area contributed by atoms with Crippen molar-refractivity contribution >= 4 is 18.3 Å². The van der Waals surface area contributed by atoms with Crippen LogP contribution < -0.4 is 14.8 Å². The van der Waals surface area contributed by atoms with Crippen molar-refractivity contribution < 1.29 is 9.47 Å². The number of hydrogen-bond acceptors (Lipinski definition) is 4. The minimum atomic E-state index is 0.325. The molecule has 2 rings (SSSR count). The van der Waals surface area contributed by atoms with E-state index < -0.39 is 0 Å². The number of anilines is 1. The summed E-state index contributed by atoms with van der Waals surface area (Å²) in [5.41, 5.74) is 1.04.